The second kappa shape index (κ2) is 7.31. The summed E-state index contributed by atoms with van der Waals surface area (Å²) >= 11 is 0. The SMILES string of the molecule is O=C(NC1CC1)c1cn(C2CCN(Cc3ccnc4ccccc34)CC2)nn1. The summed E-state index contributed by atoms with van der Waals surface area (Å²) in [5, 5.41) is 12.5. The normalized spacial score (nSPS) is 18.4. The van der Waals surface area contributed by atoms with Gasteiger partial charge < -0.3 is 5.32 Å². The fourth-order valence-corrected chi connectivity index (χ4v) is 3.92. The Balaban J connectivity index is 1.20. The predicted octanol–water partition coefficient (Wildman–Crippen LogP) is 2.56. The molecule has 1 amide bonds. The van der Waals surface area contributed by atoms with E-state index in [0.717, 1.165) is 50.8 Å². The molecule has 1 aliphatic carbocycles. The minimum absolute atomic E-state index is 0.101. The highest BCUT2D eigenvalue weighted by molar-refractivity contribution is 5.92. The molecule has 3 aromatic rings. The molecule has 1 saturated carbocycles. The smallest absolute Gasteiger partial charge is 0.273 e. The highest BCUT2D eigenvalue weighted by Crippen LogP contribution is 2.25. The van der Waals surface area contributed by atoms with Crippen LogP contribution in [-0.4, -0.2) is 49.9 Å². The molecular formula is C21H24N6O. The Morgan fingerprint density at radius 2 is 1.93 bits per heavy atom. The number of fused-ring (bicyclic) bond motifs is 1. The third-order valence-corrected chi connectivity index (χ3v) is 5.72. The number of pyridine rings is 1. The number of carbonyl (C=O) groups is 1. The lowest BCUT2D eigenvalue weighted by Gasteiger charge is -2.32. The molecular weight excluding hydrogens is 352 g/mol. The highest BCUT2D eigenvalue weighted by atomic mass is 16.2. The first-order valence-electron chi connectivity index (χ1n) is 10.0. The van der Waals surface area contributed by atoms with Crippen molar-refractivity contribution in [2.24, 2.45) is 0 Å². The largest absolute Gasteiger partial charge is 0.348 e. The number of carbonyl (C=O) groups excluding carboxylic acids is 1. The Kier molecular flexibility index (Phi) is 4.52. The van der Waals surface area contributed by atoms with Crippen LogP contribution in [-0.2, 0) is 6.54 Å². The topological polar surface area (TPSA) is 75.9 Å². The van der Waals surface area contributed by atoms with E-state index in [4.69, 9.17) is 0 Å². The van der Waals surface area contributed by atoms with Gasteiger partial charge in [-0.15, -0.1) is 5.10 Å². The molecule has 0 spiro atoms. The van der Waals surface area contributed by atoms with Crippen LogP contribution in [0.15, 0.2) is 42.7 Å². The van der Waals surface area contributed by atoms with Gasteiger partial charge in [0.2, 0.25) is 0 Å². The average molecular weight is 376 g/mol. The molecule has 2 aromatic heterocycles. The van der Waals surface area contributed by atoms with Crippen LogP contribution < -0.4 is 5.32 Å². The number of hydrogen-bond acceptors (Lipinski definition) is 5. The van der Waals surface area contributed by atoms with Gasteiger partial charge in [-0.25, -0.2) is 4.68 Å². The van der Waals surface area contributed by atoms with E-state index < -0.39 is 0 Å². The van der Waals surface area contributed by atoms with E-state index in [2.05, 4.69) is 49.8 Å². The summed E-state index contributed by atoms with van der Waals surface area (Å²) in [5.74, 6) is -0.101. The van der Waals surface area contributed by atoms with Crippen LogP contribution >= 0.6 is 0 Å². The van der Waals surface area contributed by atoms with Crippen LogP contribution in [0.1, 0.15) is 47.8 Å². The van der Waals surface area contributed by atoms with Gasteiger partial charge in [-0.05, 0) is 43.4 Å². The minimum atomic E-state index is -0.101. The van der Waals surface area contributed by atoms with Gasteiger partial charge in [0.05, 0.1) is 17.8 Å². The number of para-hydroxylation sites is 1. The van der Waals surface area contributed by atoms with Crippen molar-refractivity contribution in [2.75, 3.05) is 13.1 Å². The number of benzene rings is 1. The van der Waals surface area contributed by atoms with Crippen LogP contribution in [0.25, 0.3) is 10.9 Å². The quantitative estimate of drug-likeness (QED) is 0.741. The zero-order chi connectivity index (χ0) is 18.9. The molecule has 0 unspecified atom stereocenters. The van der Waals surface area contributed by atoms with Gasteiger partial charge in [0.1, 0.15) is 0 Å². The van der Waals surface area contributed by atoms with E-state index in [-0.39, 0.29) is 5.91 Å². The van der Waals surface area contributed by atoms with Crippen LogP contribution in [0.2, 0.25) is 0 Å². The Bertz CT molecular complexity index is 982. The minimum Gasteiger partial charge on any atom is -0.348 e. The van der Waals surface area contributed by atoms with Crippen LogP contribution in [0.3, 0.4) is 0 Å². The summed E-state index contributed by atoms with van der Waals surface area (Å²) < 4.78 is 1.88. The maximum Gasteiger partial charge on any atom is 0.273 e. The fraction of sp³-hybridized carbons (Fsp3) is 0.429. The van der Waals surface area contributed by atoms with Gasteiger partial charge in [0.25, 0.3) is 5.91 Å². The lowest BCUT2D eigenvalue weighted by Crippen LogP contribution is -2.34. The number of rotatable bonds is 5. The number of aromatic nitrogens is 4. The van der Waals surface area contributed by atoms with Crippen LogP contribution in [0, 0.1) is 0 Å². The molecule has 1 saturated heterocycles. The molecule has 28 heavy (non-hydrogen) atoms. The van der Waals surface area contributed by atoms with Crippen molar-refractivity contribution in [1.82, 2.24) is 30.2 Å². The molecule has 0 radical (unpaired) electrons. The first-order valence-corrected chi connectivity index (χ1v) is 10.0. The van der Waals surface area contributed by atoms with E-state index >= 15 is 0 Å². The second-order valence-electron chi connectivity index (χ2n) is 7.83. The third kappa shape index (κ3) is 3.62. The van der Waals surface area contributed by atoms with Crippen molar-refractivity contribution in [2.45, 2.75) is 44.3 Å². The van der Waals surface area contributed by atoms with E-state index in [1.807, 2.05) is 16.9 Å². The van der Waals surface area contributed by atoms with Gasteiger partial charge in [-0.3, -0.25) is 14.7 Å². The molecule has 144 valence electrons. The summed E-state index contributed by atoms with van der Waals surface area (Å²) in [4.78, 5) is 19.1. The fourth-order valence-electron chi connectivity index (χ4n) is 3.92. The third-order valence-electron chi connectivity index (χ3n) is 5.72. The monoisotopic (exact) mass is 376 g/mol. The molecule has 2 fully saturated rings. The molecule has 1 aliphatic heterocycles. The molecule has 3 heterocycles. The summed E-state index contributed by atoms with van der Waals surface area (Å²) in [7, 11) is 0. The first kappa shape index (κ1) is 17.3. The van der Waals surface area contributed by atoms with Crippen molar-refractivity contribution in [3.05, 3.63) is 54.0 Å². The number of nitrogens with one attached hydrogen (secondary N) is 1. The van der Waals surface area contributed by atoms with Crippen molar-refractivity contribution in [1.29, 1.82) is 0 Å². The number of hydrogen-bond donors (Lipinski definition) is 1. The summed E-state index contributed by atoms with van der Waals surface area (Å²) in [6, 6.07) is 11.1. The summed E-state index contributed by atoms with van der Waals surface area (Å²) in [6.07, 6.45) is 7.87. The number of nitrogens with zero attached hydrogens (tertiary/aromatic N) is 5. The van der Waals surface area contributed by atoms with Gasteiger partial charge in [-0.2, -0.15) is 0 Å². The Labute approximate surface area is 163 Å². The Morgan fingerprint density at radius 3 is 2.75 bits per heavy atom. The Hall–Kier alpha value is -2.80. The zero-order valence-corrected chi connectivity index (χ0v) is 15.8. The molecule has 1 N–H and O–H groups in total. The molecule has 7 heteroatoms. The molecule has 2 aliphatic rings. The second-order valence-corrected chi connectivity index (χ2v) is 7.83. The van der Waals surface area contributed by atoms with E-state index in [1.165, 1.54) is 10.9 Å². The number of piperidine rings is 1. The summed E-state index contributed by atoms with van der Waals surface area (Å²) in [5.41, 5.74) is 2.80. The molecule has 0 bridgehead atoms. The highest BCUT2D eigenvalue weighted by Gasteiger charge is 2.26. The summed E-state index contributed by atoms with van der Waals surface area (Å²) in [6.45, 7) is 2.94. The maximum atomic E-state index is 12.1. The lowest BCUT2D eigenvalue weighted by molar-refractivity contribution is 0.0946. The van der Waals surface area contributed by atoms with Crippen molar-refractivity contribution >= 4 is 16.8 Å². The predicted molar refractivity (Wildman–Crippen MR) is 106 cm³/mol. The van der Waals surface area contributed by atoms with Crippen molar-refractivity contribution < 1.29 is 4.79 Å². The van der Waals surface area contributed by atoms with Crippen molar-refractivity contribution in [3.63, 3.8) is 0 Å². The molecule has 0 atom stereocenters. The number of likely N-dealkylation sites (tertiary alicyclic amines) is 1. The van der Waals surface area contributed by atoms with Gasteiger partial charge in [-0.1, -0.05) is 23.4 Å². The number of amides is 1. The van der Waals surface area contributed by atoms with Crippen LogP contribution in [0.4, 0.5) is 0 Å². The maximum absolute atomic E-state index is 12.1. The van der Waals surface area contributed by atoms with Gasteiger partial charge in [0.15, 0.2) is 5.69 Å². The molecule has 7 nitrogen and oxygen atoms in total. The van der Waals surface area contributed by atoms with E-state index in [0.29, 0.717) is 17.8 Å². The average Bonchev–Trinajstić information content (AvgIpc) is 3.40. The standard InChI is InChI=1S/C21H24N6O/c28-21(23-16-5-6-16)20-14-27(25-24-20)17-8-11-26(12-9-17)13-15-7-10-22-19-4-2-1-3-18(15)19/h1-4,7,10,14,16-17H,5-6,8-9,11-13H2,(H,23,28). The lowest BCUT2D eigenvalue weighted by atomic mass is 10.0. The van der Waals surface area contributed by atoms with E-state index in [9.17, 15) is 4.79 Å². The Morgan fingerprint density at radius 1 is 1.11 bits per heavy atom. The molecule has 5 rings (SSSR count). The first-order chi connectivity index (χ1) is 13.8. The van der Waals surface area contributed by atoms with Crippen molar-refractivity contribution in [3.8, 4) is 0 Å². The zero-order valence-electron chi connectivity index (χ0n) is 15.8. The van der Waals surface area contributed by atoms with Gasteiger partial charge >= 0.3 is 0 Å². The molecule has 1 aromatic carbocycles. The van der Waals surface area contributed by atoms with Crippen LogP contribution in [0.5, 0.6) is 0 Å². The van der Waals surface area contributed by atoms with Gasteiger partial charge in [0, 0.05) is 37.3 Å². The van der Waals surface area contributed by atoms with E-state index in [1.54, 1.807) is 6.20 Å².